The number of para-hydroxylation sites is 1. The second-order valence-corrected chi connectivity index (χ2v) is 18.7. The van der Waals surface area contributed by atoms with Gasteiger partial charge in [0, 0.05) is 109 Å². The summed E-state index contributed by atoms with van der Waals surface area (Å²) in [6.07, 6.45) is 5.41. The molecule has 9 rings (SSSR count). The number of aromatic nitrogens is 4. The van der Waals surface area contributed by atoms with Crippen molar-refractivity contribution in [3.05, 3.63) is 126 Å². The summed E-state index contributed by atoms with van der Waals surface area (Å²) < 4.78 is 28.8. The molecule has 5 heterocycles. The van der Waals surface area contributed by atoms with Crippen molar-refractivity contribution in [3.63, 3.8) is 0 Å². The van der Waals surface area contributed by atoms with Gasteiger partial charge in [0.05, 0.1) is 56.1 Å². The number of rotatable bonds is 15. The monoisotopic (exact) mass is 1070 g/mol. The van der Waals surface area contributed by atoms with E-state index in [1.807, 2.05) is 32.0 Å². The molecule has 5 aromatic rings. The van der Waals surface area contributed by atoms with Gasteiger partial charge in [0.25, 0.3) is 5.91 Å². The number of carbonyl (C=O) groups excluding carboxylic acids is 5. The summed E-state index contributed by atoms with van der Waals surface area (Å²) >= 11 is 0. The van der Waals surface area contributed by atoms with Crippen LogP contribution in [0.2, 0.25) is 0 Å². The number of likely N-dealkylation sites (tertiary alicyclic amines) is 1. The number of nitrogens with two attached hydrogens (primary N) is 1. The Labute approximate surface area is 449 Å². The first-order valence-electron chi connectivity index (χ1n) is 24.1. The molecule has 1 radical (unpaired) electrons. The van der Waals surface area contributed by atoms with Crippen LogP contribution in [0.1, 0.15) is 61.9 Å². The molecule has 4 aliphatic rings. The van der Waals surface area contributed by atoms with E-state index in [9.17, 15) is 24.0 Å². The predicted molar refractivity (Wildman–Crippen MR) is 265 cm³/mol. The number of hydrogen-bond acceptors (Lipinski definition) is 13. The van der Waals surface area contributed by atoms with Gasteiger partial charge in [-0.05, 0) is 57.4 Å². The smallest absolute Gasteiger partial charge is 0.252 e. The first kappa shape index (κ1) is 54.4. The Hall–Kier alpha value is -6.43. The molecular weight excluding hydrogens is 1010 g/mol. The summed E-state index contributed by atoms with van der Waals surface area (Å²) in [4.78, 5) is 80.4. The molecule has 3 amide bonds. The van der Waals surface area contributed by atoms with Crippen molar-refractivity contribution in [2.45, 2.75) is 76.7 Å². The molecule has 3 fully saturated rings. The van der Waals surface area contributed by atoms with E-state index in [2.05, 4.69) is 42.9 Å². The SMILES string of the molecule is O=C1CCC(N2Cc3[c-]cccc3C2=O)C(=O)C1.[C-]#[N+]/C(=C\C(C)(C)N1CCN(CCOCCNC([CH2-])=O)CC1)C(=O)N1CCC[C@H]1Cn1nc(-c2ccc(Oc3ccccc3)cc2F)c2c(N)ncnc21.[Y]. The number of amides is 3. The van der Waals surface area contributed by atoms with Gasteiger partial charge in [0.15, 0.2) is 17.3 Å². The third kappa shape index (κ3) is 13.0. The van der Waals surface area contributed by atoms with Crippen LogP contribution < -0.4 is 15.8 Å². The quantitative estimate of drug-likeness (QED) is 0.0593. The zero-order valence-corrected chi connectivity index (χ0v) is 43.9. The minimum absolute atomic E-state index is 0. The molecule has 20 heteroatoms. The summed E-state index contributed by atoms with van der Waals surface area (Å²) in [5.74, 6) is -0.377. The molecule has 73 heavy (non-hydrogen) atoms. The van der Waals surface area contributed by atoms with E-state index in [4.69, 9.17) is 26.9 Å². The average Bonchev–Trinajstić information content (AvgIpc) is 4.08. The van der Waals surface area contributed by atoms with Gasteiger partial charge in [0.2, 0.25) is 5.70 Å². The average molecular weight is 1070 g/mol. The van der Waals surface area contributed by atoms with E-state index >= 15 is 4.39 Å². The molecular formula is C53H58FN11O7Y-2. The first-order chi connectivity index (χ1) is 34.7. The van der Waals surface area contributed by atoms with Gasteiger partial charge in [-0.15, -0.1) is 5.56 Å². The van der Waals surface area contributed by atoms with Gasteiger partial charge in [-0.25, -0.2) is 23.9 Å². The van der Waals surface area contributed by atoms with Crippen LogP contribution in [0.5, 0.6) is 11.5 Å². The van der Waals surface area contributed by atoms with E-state index in [0.717, 1.165) is 44.7 Å². The third-order valence-electron chi connectivity index (χ3n) is 13.5. The molecule has 2 aromatic heterocycles. The maximum absolute atomic E-state index is 15.7. The van der Waals surface area contributed by atoms with Crippen molar-refractivity contribution in [2.24, 2.45) is 0 Å². The topological polar surface area (TPSA) is 203 Å². The van der Waals surface area contributed by atoms with Crippen LogP contribution >= 0.6 is 0 Å². The number of anilines is 1. The van der Waals surface area contributed by atoms with Crippen molar-refractivity contribution in [1.82, 2.24) is 44.7 Å². The van der Waals surface area contributed by atoms with Gasteiger partial charge in [-0.2, -0.15) is 29.4 Å². The largest absolute Gasteiger partial charge is 0.457 e. The van der Waals surface area contributed by atoms with Crippen LogP contribution in [0.3, 0.4) is 0 Å². The Morgan fingerprint density at radius 3 is 2.49 bits per heavy atom. The molecule has 2 atom stereocenters. The summed E-state index contributed by atoms with van der Waals surface area (Å²) in [5, 5.41) is 7.82. The number of halogens is 1. The standard InChI is InChI=1S/C39H46FN10O4.C14H12NO3.Y/c1-27(51)43-14-21-53-22-20-47-16-18-48(19-17-47)39(2,3)24-33(42-4)38(52)49-15-8-9-28(49)25-50-37-34(36(41)44-26-45-37)35(46-50)31-13-12-30(23-32(31)40)54-29-10-6-5-7-11-29;16-10-5-6-12(13(17)7-10)15-8-9-3-1-2-4-11(9)14(15)18;/h5-7,10-13,23-24,26,28H,1,8-9,14-22,25H2,2-3H3,(H,43,51)(H2,41,44,45);1-2,4,12H,5-8H2;/q2*-1;/b33-24-;;/t28-;;/m0../s1. The summed E-state index contributed by atoms with van der Waals surface area (Å²) in [6.45, 7) is 22.0. The minimum Gasteiger partial charge on any atom is -0.457 e. The number of nitrogen functional groups attached to an aromatic ring is 1. The van der Waals surface area contributed by atoms with Crippen LogP contribution in [0.15, 0.2) is 84.8 Å². The van der Waals surface area contributed by atoms with E-state index in [1.165, 1.54) is 12.4 Å². The zero-order valence-electron chi connectivity index (χ0n) is 41.1. The van der Waals surface area contributed by atoms with Crippen molar-refractivity contribution in [2.75, 3.05) is 64.8 Å². The molecule has 0 bridgehead atoms. The summed E-state index contributed by atoms with van der Waals surface area (Å²) in [5.41, 5.74) is 8.26. The normalized spacial score (nSPS) is 18.4. The number of hydrogen-bond donors (Lipinski definition) is 2. The number of benzene rings is 3. The number of Topliss-reactive ketones (excluding diaryl/α,β-unsaturated/α-hetero) is 2. The fourth-order valence-corrected chi connectivity index (χ4v) is 9.68. The Kier molecular flexibility index (Phi) is 18.3. The van der Waals surface area contributed by atoms with Crippen molar-refractivity contribution in [1.29, 1.82) is 0 Å². The predicted octanol–water partition coefficient (Wildman–Crippen LogP) is 5.29. The van der Waals surface area contributed by atoms with Crippen molar-refractivity contribution >= 4 is 46.1 Å². The van der Waals surface area contributed by atoms with E-state index in [0.29, 0.717) is 85.9 Å². The second-order valence-electron chi connectivity index (χ2n) is 18.7. The maximum Gasteiger partial charge on any atom is 0.252 e. The minimum atomic E-state index is -0.547. The van der Waals surface area contributed by atoms with Crippen LogP contribution in [0.4, 0.5) is 10.2 Å². The molecule has 0 spiro atoms. The fraction of sp³-hybridized carbons (Fsp3) is 0.396. The molecule has 3 N–H and O–H groups in total. The molecule has 3 aromatic carbocycles. The number of ketones is 2. The number of piperazine rings is 1. The Morgan fingerprint density at radius 1 is 1.00 bits per heavy atom. The van der Waals surface area contributed by atoms with Crippen LogP contribution in [-0.4, -0.2) is 145 Å². The van der Waals surface area contributed by atoms with Gasteiger partial charge in [0.1, 0.15) is 40.9 Å². The molecule has 1 saturated carbocycles. The Balaban J connectivity index is 0.000000343. The summed E-state index contributed by atoms with van der Waals surface area (Å²) in [6, 6.07) is 21.3. The van der Waals surface area contributed by atoms with Crippen LogP contribution in [0.25, 0.3) is 27.1 Å². The number of carbonyl (C=O) groups is 5. The van der Waals surface area contributed by atoms with Crippen molar-refractivity contribution in [3.8, 4) is 22.8 Å². The van der Waals surface area contributed by atoms with Gasteiger partial charge < -0.3 is 42.0 Å². The fourth-order valence-electron chi connectivity index (χ4n) is 9.68. The molecule has 379 valence electrons. The number of fused-ring (bicyclic) bond motifs is 2. The number of ether oxygens (including phenoxy) is 2. The van der Waals surface area contributed by atoms with E-state index < -0.39 is 17.4 Å². The molecule has 2 saturated heterocycles. The van der Waals surface area contributed by atoms with Crippen LogP contribution in [-0.2, 0) is 69.7 Å². The Bertz CT molecular complexity index is 2900. The van der Waals surface area contributed by atoms with E-state index in [-0.39, 0.29) is 98.1 Å². The number of nitrogens with one attached hydrogen (secondary N) is 1. The van der Waals surface area contributed by atoms with Gasteiger partial charge in [-0.3, -0.25) is 29.0 Å². The Morgan fingerprint density at radius 2 is 1.78 bits per heavy atom. The molecule has 18 nitrogen and oxygen atoms in total. The second kappa shape index (κ2) is 24.5. The van der Waals surface area contributed by atoms with Crippen LogP contribution in [0, 0.1) is 25.4 Å². The number of nitrogens with zero attached hydrogens (tertiary/aromatic N) is 9. The first-order valence-corrected chi connectivity index (χ1v) is 24.1. The van der Waals surface area contributed by atoms with Crippen molar-refractivity contribution < 1.29 is 70.5 Å². The molecule has 1 unspecified atom stereocenters. The van der Waals surface area contributed by atoms with Gasteiger partial charge in [-0.1, -0.05) is 29.8 Å². The molecule has 1 aliphatic carbocycles. The third-order valence-corrected chi connectivity index (χ3v) is 13.5. The maximum atomic E-state index is 15.7. The summed E-state index contributed by atoms with van der Waals surface area (Å²) in [7, 11) is 0. The van der Waals surface area contributed by atoms with Gasteiger partial charge >= 0.3 is 0 Å². The zero-order chi connectivity index (χ0) is 50.9. The van der Waals surface area contributed by atoms with E-state index in [1.54, 1.807) is 63.0 Å². The molecule has 3 aliphatic heterocycles.